The van der Waals surface area contributed by atoms with Crippen molar-refractivity contribution in [3.8, 4) is 23.3 Å². The van der Waals surface area contributed by atoms with Gasteiger partial charge in [-0.05, 0) is 93.6 Å². The van der Waals surface area contributed by atoms with Crippen molar-refractivity contribution < 1.29 is 28.0 Å². The predicted molar refractivity (Wildman–Crippen MR) is 184 cm³/mol. The van der Waals surface area contributed by atoms with Crippen molar-refractivity contribution in [2.45, 2.75) is 77.5 Å². The maximum Gasteiger partial charge on any atom is 0.259 e. The van der Waals surface area contributed by atoms with Crippen LogP contribution >= 0.6 is 8.53 Å². The van der Waals surface area contributed by atoms with E-state index in [1.54, 1.807) is 21.3 Å². The molecule has 3 rings (SSSR count). The molecule has 9 heteroatoms. The molecule has 0 saturated heterocycles. The van der Waals surface area contributed by atoms with E-state index in [-0.39, 0.29) is 12.1 Å². The average molecular weight is 651 g/mol. The van der Waals surface area contributed by atoms with Crippen LogP contribution in [0.1, 0.15) is 76.5 Å². The fraction of sp³-hybridized carbons (Fsp3) is 0.486. The third-order valence-corrected chi connectivity index (χ3v) is 9.82. The third-order valence-electron chi connectivity index (χ3n) is 7.71. The molecule has 0 N–H and O–H groups in total. The second kappa shape index (κ2) is 19.5. The van der Waals surface area contributed by atoms with Gasteiger partial charge in [0.25, 0.3) is 8.53 Å². The first-order chi connectivity index (χ1) is 22.3. The Balaban J connectivity index is 1.73. The molecule has 0 heterocycles. The van der Waals surface area contributed by atoms with Gasteiger partial charge in [-0.25, -0.2) is 4.67 Å². The van der Waals surface area contributed by atoms with Crippen molar-refractivity contribution in [1.82, 2.24) is 4.67 Å². The van der Waals surface area contributed by atoms with Gasteiger partial charge in [-0.3, -0.25) is 0 Å². The Morgan fingerprint density at radius 2 is 1.00 bits per heavy atom. The average Bonchev–Trinajstić information content (AvgIpc) is 3.07. The van der Waals surface area contributed by atoms with Gasteiger partial charge in [-0.2, -0.15) is 5.26 Å². The summed E-state index contributed by atoms with van der Waals surface area (Å²) in [6.07, 6.45) is 4.18. The Bertz CT molecular complexity index is 1190. The van der Waals surface area contributed by atoms with E-state index in [0.29, 0.717) is 26.2 Å². The summed E-state index contributed by atoms with van der Waals surface area (Å²) in [6.45, 7) is 10.2. The molecule has 0 bridgehead atoms. The molecule has 0 aliphatic heterocycles. The Morgan fingerprint density at radius 3 is 1.37 bits per heavy atom. The Kier molecular flexibility index (Phi) is 15.8. The number of hydrogen-bond donors (Lipinski definition) is 0. The van der Waals surface area contributed by atoms with Gasteiger partial charge in [0.15, 0.2) is 0 Å². The highest BCUT2D eigenvalue weighted by Gasteiger charge is 2.38. The van der Waals surface area contributed by atoms with E-state index < -0.39 is 14.1 Å². The van der Waals surface area contributed by atoms with Gasteiger partial charge in [0, 0.05) is 18.7 Å². The number of nitrogens with zero attached hydrogens (tertiary/aromatic N) is 2. The van der Waals surface area contributed by atoms with Gasteiger partial charge in [0.2, 0.25) is 0 Å². The lowest BCUT2D eigenvalue weighted by Crippen LogP contribution is -2.33. The Hall–Kier alpha value is -3.18. The third kappa shape index (κ3) is 10.2. The van der Waals surface area contributed by atoms with Crippen LogP contribution in [-0.2, 0) is 19.4 Å². The van der Waals surface area contributed by atoms with E-state index in [2.05, 4.69) is 74.8 Å². The van der Waals surface area contributed by atoms with Crippen molar-refractivity contribution in [1.29, 1.82) is 5.26 Å². The lowest BCUT2D eigenvalue weighted by molar-refractivity contribution is 0.0104. The summed E-state index contributed by atoms with van der Waals surface area (Å²) in [5.41, 5.74) is 2.15. The van der Waals surface area contributed by atoms with Crippen molar-refractivity contribution in [3.05, 3.63) is 89.5 Å². The van der Waals surface area contributed by atoms with Gasteiger partial charge in [-0.1, -0.05) is 49.2 Å². The van der Waals surface area contributed by atoms with Crippen molar-refractivity contribution >= 4 is 8.53 Å². The maximum absolute atomic E-state index is 8.96. The van der Waals surface area contributed by atoms with Crippen LogP contribution in [0.3, 0.4) is 0 Å². The standard InChI is InChI=1S/C37H51N2O6P/c1-29(2)39(30(3)4)46(45-28-12-25-38)44-27-11-9-8-10-26-43-37(31-13-19-34(40-5)20-14-31,32-15-21-35(41-6)22-16-32)33-17-23-36(42-7)24-18-33/h13-24,29-30H,8-12,26-28H2,1-7H3. The zero-order valence-corrected chi connectivity index (χ0v) is 29.4. The summed E-state index contributed by atoms with van der Waals surface area (Å²) in [5, 5.41) is 8.96. The smallest absolute Gasteiger partial charge is 0.259 e. The first kappa shape index (κ1) is 37.3. The maximum atomic E-state index is 8.96. The summed E-state index contributed by atoms with van der Waals surface area (Å²) in [7, 11) is 3.80. The quantitative estimate of drug-likeness (QED) is 0.0643. The number of methoxy groups -OCH3 is 3. The predicted octanol–water partition coefficient (Wildman–Crippen LogP) is 8.87. The van der Waals surface area contributed by atoms with E-state index in [1.165, 1.54) is 0 Å². The molecular formula is C37H51N2O6P. The summed E-state index contributed by atoms with van der Waals surface area (Å²) >= 11 is 0. The molecule has 0 radical (unpaired) electrons. The van der Waals surface area contributed by atoms with Gasteiger partial charge in [-0.15, -0.1) is 0 Å². The molecule has 1 unspecified atom stereocenters. The highest BCUT2D eigenvalue weighted by Crippen LogP contribution is 2.46. The van der Waals surface area contributed by atoms with Gasteiger partial charge in [0.05, 0.1) is 47.0 Å². The van der Waals surface area contributed by atoms with E-state index in [1.807, 2.05) is 36.4 Å². The fourth-order valence-corrected chi connectivity index (χ4v) is 7.09. The highest BCUT2D eigenvalue weighted by atomic mass is 31.2. The second-order valence-corrected chi connectivity index (χ2v) is 13.0. The number of hydrogen-bond acceptors (Lipinski definition) is 8. The van der Waals surface area contributed by atoms with Crippen LogP contribution in [0.15, 0.2) is 72.8 Å². The van der Waals surface area contributed by atoms with Crippen LogP contribution < -0.4 is 14.2 Å². The van der Waals surface area contributed by atoms with Crippen molar-refractivity contribution in [2.75, 3.05) is 41.2 Å². The Morgan fingerprint density at radius 1 is 0.609 bits per heavy atom. The molecule has 0 spiro atoms. The van der Waals surface area contributed by atoms with Crippen LogP contribution in [0.25, 0.3) is 0 Å². The van der Waals surface area contributed by atoms with Gasteiger partial charge >= 0.3 is 0 Å². The summed E-state index contributed by atoms with van der Waals surface area (Å²) in [4.78, 5) is 0. The van der Waals surface area contributed by atoms with Crippen LogP contribution in [0.5, 0.6) is 17.2 Å². The Labute approximate surface area is 277 Å². The molecule has 1 atom stereocenters. The molecule has 0 saturated carbocycles. The summed E-state index contributed by atoms with van der Waals surface area (Å²) in [6, 6.07) is 27.0. The van der Waals surface area contributed by atoms with Crippen LogP contribution in [0.4, 0.5) is 0 Å². The molecule has 3 aromatic carbocycles. The molecule has 3 aromatic rings. The SMILES string of the molecule is COc1ccc(C(OCCCCCCOP(OCCC#N)N(C(C)C)C(C)C)(c2ccc(OC)cc2)c2ccc(OC)cc2)cc1. The first-order valence-electron chi connectivity index (χ1n) is 16.1. The minimum absolute atomic E-state index is 0.285. The fourth-order valence-electron chi connectivity index (χ4n) is 5.47. The topological polar surface area (TPSA) is 82.4 Å². The molecule has 250 valence electrons. The molecule has 46 heavy (non-hydrogen) atoms. The van der Waals surface area contributed by atoms with Crippen molar-refractivity contribution in [2.24, 2.45) is 0 Å². The van der Waals surface area contributed by atoms with Crippen LogP contribution in [0.2, 0.25) is 0 Å². The zero-order chi connectivity index (χ0) is 33.4. The first-order valence-corrected chi connectivity index (χ1v) is 17.2. The number of ether oxygens (including phenoxy) is 4. The molecule has 0 aliphatic carbocycles. The minimum atomic E-state index is -1.22. The second-order valence-electron chi connectivity index (χ2n) is 11.5. The zero-order valence-electron chi connectivity index (χ0n) is 28.5. The molecule has 0 fully saturated rings. The molecule has 0 aliphatic rings. The van der Waals surface area contributed by atoms with Crippen LogP contribution in [0, 0.1) is 11.3 Å². The monoisotopic (exact) mass is 650 g/mol. The lowest BCUT2D eigenvalue weighted by atomic mass is 9.80. The molecule has 0 aromatic heterocycles. The largest absolute Gasteiger partial charge is 0.497 e. The molecular weight excluding hydrogens is 599 g/mol. The normalized spacial score (nSPS) is 12.4. The molecule has 0 amide bonds. The van der Waals surface area contributed by atoms with E-state index in [9.17, 15) is 0 Å². The number of unbranched alkanes of at least 4 members (excludes halogenated alkanes) is 3. The van der Waals surface area contributed by atoms with Crippen molar-refractivity contribution in [3.63, 3.8) is 0 Å². The van der Waals surface area contributed by atoms with E-state index in [0.717, 1.165) is 59.6 Å². The van der Waals surface area contributed by atoms with E-state index >= 15 is 0 Å². The minimum Gasteiger partial charge on any atom is -0.497 e. The number of rotatable bonds is 21. The molecule has 8 nitrogen and oxygen atoms in total. The number of nitriles is 1. The summed E-state index contributed by atoms with van der Waals surface area (Å²) in [5.74, 6) is 2.36. The van der Waals surface area contributed by atoms with E-state index in [4.69, 9.17) is 33.3 Å². The summed E-state index contributed by atoms with van der Waals surface area (Å²) < 4.78 is 37.9. The number of benzene rings is 3. The lowest BCUT2D eigenvalue weighted by Gasteiger charge is -2.36. The highest BCUT2D eigenvalue weighted by molar-refractivity contribution is 7.44. The van der Waals surface area contributed by atoms with Gasteiger partial charge in [0.1, 0.15) is 22.8 Å². The van der Waals surface area contributed by atoms with Crippen LogP contribution in [-0.4, -0.2) is 57.9 Å². The van der Waals surface area contributed by atoms with Gasteiger partial charge < -0.3 is 28.0 Å².